The van der Waals surface area contributed by atoms with Gasteiger partial charge < -0.3 is 15.8 Å². The molecule has 2 aromatic rings. The zero-order valence-electron chi connectivity index (χ0n) is 16.7. The zero-order valence-corrected chi connectivity index (χ0v) is 18.3. The summed E-state index contributed by atoms with van der Waals surface area (Å²) in [5.41, 5.74) is 8.03. The van der Waals surface area contributed by atoms with Crippen LogP contribution in [0.3, 0.4) is 0 Å². The van der Waals surface area contributed by atoms with Gasteiger partial charge in [0.15, 0.2) is 0 Å². The summed E-state index contributed by atoms with van der Waals surface area (Å²) in [5.74, 6) is -1.70. The summed E-state index contributed by atoms with van der Waals surface area (Å²) in [4.78, 5) is 24.4. The van der Waals surface area contributed by atoms with Gasteiger partial charge in [-0.1, -0.05) is 65.8 Å². The lowest BCUT2D eigenvalue weighted by atomic mass is 9.82. The van der Waals surface area contributed by atoms with Gasteiger partial charge >= 0.3 is 5.97 Å². The number of dihydropyridines is 1. The van der Waals surface area contributed by atoms with Crippen LogP contribution in [0.15, 0.2) is 76.5 Å². The fourth-order valence-electron chi connectivity index (χ4n) is 3.23. The number of hydrogen-bond donors (Lipinski definition) is 2. The van der Waals surface area contributed by atoms with E-state index in [4.69, 9.17) is 22.1 Å². The van der Waals surface area contributed by atoms with E-state index in [1.54, 1.807) is 31.2 Å². The maximum atomic E-state index is 13.1. The molecule has 31 heavy (non-hydrogen) atoms. The Bertz CT molecular complexity index is 1090. The molecule has 3 N–H and O–H groups in total. The molecule has 1 aliphatic rings. The predicted molar refractivity (Wildman–Crippen MR) is 121 cm³/mol. The summed E-state index contributed by atoms with van der Waals surface area (Å²) in [6.45, 7) is 1.85. The summed E-state index contributed by atoms with van der Waals surface area (Å²) in [6.07, 6.45) is 0. The van der Waals surface area contributed by atoms with Crippen LogP contribution in [-0.2, 0) is 20.9 Å². The molecule has 0 radical (unpaired) electrons. The van der Waals surface area contributed by atoms with E-state index in [0.717, 1.165) is 17.3 Å². The van der Waals surface area contributed by atoms with Crippen molar-refractivity contribution in [3.8, 4) is 6.07 Å². The van der Waals surface area contributed by atoms with Crippen molar-refractivity contribution in [2.24, 2.45) is 5.73 Å². The van der Waals surface area contributed by atoms with Crippen LogP contribution in [0.1, 0.15) is 24.0 Å². The van der Waals surface area contributed by atoms with E-state index in [9.17, 15) is 14.9 Å². The number of benzene rings is 2. The number of ether oxygens (including phenoxy) is 1. The average molecular weight is 454 g/mol. The van der Waals surface area contributed by atoms with Crippen molar-refractivity contribution in [3.05, 3.63) is 92.6 Å². The van der Waals surface area contributed by atoms with Crippen molar-refractivity contribution in [1.29, 1.82) is 5.26 Å². The van der Waals surface area contributed by atoms with Gasteiger partial charge in [0.05, 0.1) is 33.9 Å². The van der Waals surface area contributed by atoms with E-state index in [-0.39, 0.29) is 12.4 Å². The Labute approximate surface area is 189 Å². The fraction of sp³-hybridized carbons (Fsp3) is 0.174. The number of carbonyl (C=O) groups excluding carboxylic acids is 2. The number of esters is 1. The van der Waals surface area contributed by atoms with Crippen molar-refractivity contribution >= 4 is 35.2 Å². The first kappa shape index (κ1) is 22.5. The Morgan fingerprint density at radius 3 is 2.48 bits per heavy atom. The highest BCUT2D eigenvalue weighted by Gasteiger charge is 2.35. The normalized spacial score (nSPS) is 15.8. The number of nitrogens with two attached hydrogens (primary N) is 1. The van der Waals surface area contributed by atoms with Crippen LogP contribution in [0.25, 0.3) is 0 Å². The molecule has 6 nitrogen and oxygen atoms in total. The summed E-state index contributed by atoms with van der Waals surface area (Å²) >= 11 is 7.16. The van der Waals surface area contributed by atoms with Crippen molar-refractivity contribution in [1.82, 2.24) is 5.32 Å². The van der Waals surface area contributed by atoms with E-state index < -0.39 is 17.8 Å². The minimum absolute atomic E-state index is 0.00190. The molecule has 0 saturated heterocycles. The van der Waals surface area contributed by atoms with E-state index in [1.165, 1.54) is 0 Å². The van der Waals surface area contributed by atoms with Gasteiger partial charge in [-0.3, -0.25) is 4.79 Å². The van der Waals surface area contributed by atoms with E-state index >= 15 is 0 Å². The quantitative estimate of drug-likeness (QED) is 0.614. The van der Waals surface area contributed by atoms with Gasteiger partial charge in [0.25, 0.3) is 0 Å². The standard InChI is InChI=1S/C23H20ClN3O3S/c1-14-20(23(29)30-12-15-5-3-2-4-6-15)21(16-7-9-17(24)10-8-16)18(11-25)22(27-14)31-13-19(26)28/h2-10,21,27H,12-13H2,1H3,(H2,26,28)/t21-/m1/s1. The number of hydrogen-bond acceptors (Lipinski definition) is 6. The topological polar surface area (TPSA) is 105 Å². The molecule has 0 aliphatic carbocycles. The van der Waals surface area contributed by atoms with Crippen molar-refractivity contribution in [3.63, 3.8) is 0 Å². The number of thioether (sulfide) groups is 1. The molecule has 1 amide bonds. The van der Waals surface area contributed by atoms with Gasteiger partial charge in [-0.2, -0.15) is 5.26 Å². The Kier molecular flexibility index (Phi) is 7.40. The number of primary amides is 1. The lowest BCUT2D eigenvalue weighted by Crippen LogP contribution is -2.29. The molecule has 3 rings (SSSR count). The Hall–Kier alpha value is -3.21. The first-order chi connectivity index (χ1) is 14.9. The van der Waals surface area contributed by atoms with Gasteiger partial charge in [-0.15, -0.1) is 0 Å². The van der Waals surface area contributed by atoms with Crippen LogP contribution < -0.4 is 11.1 Å². The van der Waals surface area contributed by atoms with Crippen molar-refractivity contribution in [2.75, 3.05) is 5.75 Å². The lowest BCUT2D eigenvalue weighted by molar-refractivity contribution is -0.140. The van der Waals surface area contributed by atoms with Gasteiger partial charge in [0, 0.05) is 10.7 Å². The molecular formula is C23H20ClN3O3S. The number of nitriles is 1. The third kappa shape index (κ3) is 5.48. The highest BCUT2D eigenvalue weighted by Crippen LogP contribution is 2.41. The van der Waals surface area contributed by atoms with Crippen LogP contribution >= 0.6 is 23.4 Å². The van der Waals surface area contributed by atoms with Crippen LogP contribution in [0.2, 0.25) is 5.02 Å². The molecule has 0 saturated carbocycles. The maximum Gasteiger partial charge on any atom is 0.337 e. The van der Waals surface area contributed by atoms with E-state index in [2.05, 4.69) is 11.4 Å². The molecule has 2 aromatic carbocycles. The Balaban J connectivity index is 1.98. The van der Waals surface area contributed by atoms with Crippen LogP contribution in [0.4, 0.5) is 0 Å². The third-order valence-corrected chi connectivity index (χ3v) is 5.93. The highest BCUT2D eigenvalue weighted by molar-refractivity contribution is 8.03. The minimum atomic E-state index is -0.665. The summed E-state index contributed by atoms with van der Waals surface area (Å²) in [6, 6.07) is 18.5. The number of carbonyl (C=O) groups is 2. The minimum Gasteiger partial charge on any atom is -0.457 e. The predicted octanol–water partition coefficient (Wildman–Crippen LogP) is 4.00. The molecule has 1 heterocycles. The largest absolute Gasteiger partial charge is 0.457 e. The van der Waals surface area contributed by atoms with Crippen molar-refractivity contribution < 1.29 is 14.3 Å². The maximum absolute atomic E-state index is 13.1. The van der Waals surface area contributed by atoms with Gasteiger partial charge in [-0.25, -0.2) is 4.79 Å². The molecule has 0 spiro atoms. The third-order valence-electron chi connectivity index (χ3n) is 4.64. The fourth-order valence-corrected chi connectivity index (χ4v) is 4.19. The second-order valence-electron chi connectivity index (χ2n) is 6.82. The molecule has 0 bridgehead atoms. The summed E-state index contributed by atoms with van der Waals surface area (Å²) in [5, 5.41) is 14.0. The first-order valence-corrected chi connectivity index (χ1v) is 10.8. The van der Waals surface area contributed by atoms with Crippen LogP contribution in [0, 0.1) is 11.3 Å². The zero-order chi connectivity index (χ0) is 22.4. The highest BCUT2D eigenvalue weighted by atomic mass is 35.5. The number of amides is 1. The second-order valence-corrected chi connectivity index (χ2v) is 8.24. The van der Waals surface area contributed by atoms with Gasteiger partial charge in [0.1, 0.15) is 6.61 Å². The second kappa shape index (κ2) is 10.2. The Morgan fingerprint density at radius 1 is 1.19 bits per heavy atom. The number of nitrogens with zero attached hydrogens (tertiary/aromatic N) is 1. The van der Waals surface area contributed by atoms with E-state index in [1.807, 2.05) is 30.3 Å². The average Bonchev–Trinajstić information content (AvgIpc) is 2.76. The Morgan fingerprint density at radius 2 is 1.87 bits per heavy atom. The number of rotatable bonds is 7. The molecular weight excluding hydrogens is 434 g/mol. The van der Waals surface area contributed by atoms with Crippen LogP contribution in [-0.4, -0.2) is 17.6 Å². The monoisotopic (exact) mass is 453 g/mol. The summed E-state index contributed by atoms with van der Waals surface area (Å²) in [7, 11) is 0. The van der Waals surface area contributed by atoms with Gasteiger partial charge in [-0.05, 0) is 30.2 Å². The molecule has 0 fully saturated rings. The van der Waals surface area contributed by atoms with Gasteiger partial charge in [0.2, 0.25) is 5.91 Å². The molecule has 0 aromatic heterocycles. The number of halogens is 1. The molecule has 1 atom stereocenters. The molecule has 1 aliphatic heterocycles. The SMILES string of the molecule is CC1=C(C(=O)OCc2ccccc2)[C@H](c2ccc(Cl)cc2)C(C#N)=C(SCC(N)=O)N1. The number of allylic oxidation sites excluding steroid dienone is 2. The van der Waals surface area contributed by atoms with E-state index in [0.29, 0.717) is 32.5 Å². The number of nitrogens with one attached hydrogen (secondary N) is 1. The van der Waals surface area contributed by atoms with Crippen LogP contribution in [0.5, 0.6) is 0 Å². The smallest absolute Gasteiger partial charge is 0.337 e. The summed E-state index contributed by atoms with van der Waals surface area (Å²) < 4.78 is 5.56. The lowest BCUT2D eigenvalue weighted by Gasteiger charge is -2.29. The molecule has 158 valence electrons. The molecule has 8 heteroatoms. The molecule has 0 unspecified atom stereocenters. The van der Waals surface area contributed by atoms with Crippen molar-refractivity contribution in [2.45, 2.75) is 19.4 Å². The first-order valence-electron chi connectivity index (χ1n) is 9.40.